The molecule has 0 aliphatic rings. The monoisotopic (exact) mass is 371 g/mol. The average Bonchev–Trinajstić information content (AvgIpc) is 2.90. The molecule has 124 valence electrons. The Morgan fingerprint density at radius 2 is 2.00 bits per heavy atom. The van der Waals surface area contributed by atoms with Crippen molar-refractivity contribution in [1.82, 2.24) is 9.36 Å². The quantitative estimate of drug-likeness (QED) is 0.695. The molecule has 2 aromatic heterocycles. The summed E-state index contributed by atoms with van der Waals surface area (Å²) in [7, 11) is 0. The van der Waals surface area contributed by atoms with E-state index in [4.69, 9.17) is 11.6 Å². The van der Waals surface area contributed by atoms with E-state index in [1.54, 1.807) is 18.2 Å². The van der Waals surface area contributed by atoms with E-state index in [2.05, 4.69) is 14.7 Å². The Hall–Kier alpha value is -2.19. The third kappa shape index (κ3) is 3.07. The summed E-state index contributed by atoms with van der Waals surface area (Å²) in [6.45, 7) is 1.34. The van der Waals surface area contributed by atoms with Gasteiger partial charge in [-0.15, -0.1) is 0 Å². The first-order valence-electron chi connectivity index (χ1n) is 6.67. The van der Waals surface area contributed by atoms with E-state index in [1.165, 1.54) is 6.92 Å². The number of nitrogens with zero attached hydrogens (tertiary/aromatic N) is 2. The van der Waals surface area contributed by atoms with Crippen molar-refractivity contribution in [2.45, 2.75) is 13.1 Å². The number of fused-ring (bicyclic) bond motifs is 1. The topological polar surface area (TPSA) is 54.9 Å². The molecule has 3 aromatic rings. The maximum atomic E-state index is 12.6. The van der Waals surface area contributed by atoms with Crippen LogP contribution in [0.4, 0.5) is 19.0 Å². The zero-order chi connectivity index (χ0) is 17.5. The van der Waals surface area contributed by atoms with Gasteiger partial charge in [0.1, 0.15) is 5.69 Å². The number of nitrogens with one attached hydrogen (secondary N) is 1. The van der Waals surface area contributed by atoms with Crippen molar-refractivity contribution in [3.8, 4) is 0 Å². The molecule has 0 fully saturated rings. The molecule has 1 N–H and O–H groups in total. The predicted octanol–water partition coefficient (Wildman–Crippen LogP) is 4.92. The van der Waals surface area contributed by atoms with E-state index in [0.29, 0.717) is 10.4 Å². The number of anilines is 1. The van der Waals surface area contributed by atoms with Crippen LogP contribution in [0.15, 0.2) is 30.3 Å². The van der Waals surface area contributed by atoms with Gasteiger partial charge >= 0.3 is 6.18 Å². The van der Waals surface area contributed by atoms with Gasteiger partial charge in [-0.1, -0.05) is 17.7 Å². The number of hydrogen-bond donors (Lipinski definition) is 1. The Morgan fingerprint density at radius 3 is 2.67 bits per heavy atom. The van der Waals surface area contributed by atoms with Gasteiger partial charge in [0.15, 0.2) is 5.82 Å². The van der Waals surface area contributed by atoms with E-state index in [-0.39, 0.29) is 17.1 Å². The molecule has 3 rings (SSSR count). The normalized spacial score (nSPS) is 11.7. The first-order chi connectivity index (χ1) is 11.3. The van der Waals surface area contributed by atoms with Crippen molar-refractivity contribution in [3.63, 3.8) is 0 Å². The molecule has 2 heterocycles. The van der Waals surface area contributed by atoms with Crippen LogP contribution < -0.4 is 5.32 Å². The molecule has 1 amide bonds. The zero-order valence-electron chi connectivity index (χ0n) is 12.1. The van der Waals surface area contributed by atoms with Gasteiger partial charge in [0.25, 0.3) is 5.91 Å². The number of alkyl halides is 3. The molecule has 0 bridgehead atoms. The molecule has 0 aliphatic carbocycles. The fraction of sp³-hybridized carbons (Fsp3) is 0.133. The van der Waals surface area contributed by atoms with Crippen LogP contribution in [-0.4, -0.2) is 15.3 Å². The number of aromatic nitrogens is 2. The number of hydrogen-bond acceptors (Lipinski definition) is 4. The van der Waals surface area contributed by atoms with Crippen LogP contribution in [0.2, 0.25) is 5.02 Å². The van der Waals surface area contributed by atoms with Crippen molar-refractivity contribution in [1.29, 1.82) is 0 Å². The van der Waals surface area contributed by atoms with Crippen LogP contribution in [0, 0.1) is 6.92 Å². The largest absolute Gasteiger partial charge is 0.433 e. The van der Waals surface area contributed by atoms with Crippen LogP contribution in [0.3, 0.4) is 0 Å². The SMILES string of the molecule is Cc1nc(C(F)(F)F)ccc1C(=O)Nc1nsc2cccc(Cl)c12. The number of rotatable bonds is 2. The Labute approximate surface area is 143 Å². The molecule has 1 aromatic carbocycles. The van der Waals surface area contributed by atoms with Crippen LogP contribution in [0.25, 0.3) is 10.1 Å². The van der Waals surface area contributed by atoms with E-state index in [1.807, 2.05) is 0 Å². The lowest BCUT2D eigenvalue weighted by atomic mass is 10.1. The van der Waals surface area contributed by atoms with E-state index in [9.17, 15) is 18.0 Å². The molecule has 0 saturated carbocycles. The van der Waals surface area contributed by atoms with E-state index in [0.717, 1.165) is 28.4 Å². The number of aryl methyl sites for hydroxylation is 1. The predicted molar refractivity (Wildman–Crippen MR) is 86.6 cm³/mol. The van der Waals surface area contributed by atoms with Crippen LogP contribution in [0.5, 0.6) is 0 Å². The zero-order valence-corrected chi connectivity index (χ0v) is 13.7. The van der Waals surface area contributed by atoms with Gasteiger partial charge < -0.3 is 5.32 Å². The molecule has 24 heavy (non-hydrogen) atoms. The van der Waals surface area contributed by atoms with Crippen molar-refractivity contribution in [2.24, 2.45) is 0 Å². The summed E-state index contributed by atoms with van der Waals surface area (Å²) in [5.41, 5.74) is -1.03. The highest BCUT2D eigenvalue weighted by molar-refractivity contribution is 7.13. The second kappa shape index (κ2) is 6.03. The smallest absolute Gasteiger partial charge is 0.305 e. The summed E-state index contributed by atoms with van der Waals surface area (Å²) in [5, 5.41) is 3.60. The summed E-state index contributed by atoms with van der Waals surface area (Å²) >= 11 is 7.28. The molecule has 9 heteroatoms. The Balaban J connectivity index is 1.92. The Bertz CT molecular complexity index is 939. The third-order valence-corrected chi connectivity index (χ3v) is 4.43. The van der Waals surface area contributed by atoms with Gasteiger partial charge in [0.05, 0.1) is 26.4 Å². The van der Waals surface area contributed by atoms with E-state index < -0.39 is 17.8 Å². The number of amides is 1. The minimum absolute atomic E-state index is 0.0204. The van der Waals surface area contributed by atoms with Gasteiger partial charge in [0, 0.05) is 0 Å². The highest BCUT2D eigenvalue weighted by Crippen LogP contribution is 2.33. The molecular weight excluding hydrogens is 363 g/mol. The number of pyridine rings is 1. The Morgan fingerprint density at radius 1 is 1.25 bits per heavy atom. The van der Waals surface area contributed by atoms with Crippen molar-refractivity contribution in [3.05, 3.63) is 52.3 Å². The lowest BCUT2D eigenvalue weighted by Gasteiger charge is -2.10. The van der Waals surface area contributed by atoms with Gasteiger partial charge in [0.2, 0.25) is 0 Å². The summed E-state index contributed by atoms with van der Waals surface area (Å²) in [6, 6.07) is 7.10. The van der Waals surface area contributed by atoms with Gasteiger partial charge in [-0.3, -0.25) is 4.79 Å². The van der Waals surface area contributed by atoms with Crippen molar-refractivity contribution >= 4 is 44.9 Å². The van der Waals surface area contributed by atoms with Crippen LogP contribution in [0.1, 0.15) is 21.7 Å². The fourth-order valence-corrected chi connectivity index (χ4v) is 3.25. The fourth-order valence-electron chi connectivity index (χ4n) is 2.17. The molecule has 0 aliphatic heterocycles. The maximum Gasteiger partial charge on any atom is 0.433 e. The third-order valence-electron chi connectivity index (χ3n) is 3.30. The lowest BCUT2D eigenvalue weighted by Crippen LogP contribution is -2.17. The first kappa shape index (κ1) is 16.7. The highest BCUT2D eigenvalue weighted by atomic mass is 35.5. The van der Waals surface area contributed by atoms with Crippen molar-refractivity contribution < 1.29 is 18.0 Å². The second-order valence-electron chi connectivity index (χ2n) is 4.93. The lowest BCUT2D eigenvalue weighted by molar-refractivity contribution is -0.141. The summed E-state index contributed by atoms with van der Waals surface area (Å²) in [6.07, 6.45) is -4.56. The van der Waals surface area contributed by atoms with Crippen molar-refractivity contribution in [2.75, 3.05) is 5.32 Å². The molecule has 0 unspecified atom stereocenters. The number of carbonyl (C=O) groups excluding carboxylic acids is 1. The number of benzene rings is 1. The molecule has 0 atom stereocenters. The van der Waals surface area contributed by atoms with Gasteiger partial charge in [-0.05, 0) is 42.7 Å². The van der Waals surface area contributed by atoms with E-state index >= 15 is 0 Å². The summed E-state index contributed by atoms with van der Waals surface area (Å²) in [5.74, 6) is -0.328. The standard InChI is InChI=1S/C15H9ClF3N3OS/c1-7-8(5-6-11(20-7)15(17,18)19)14(23)21-13-12-9(16)3-2-4-10(12)24-22-13/h2-6H,1H3,(H,21,22,23). The minimum Gasteiger partial charge on any atom is -0.305 e. The van der Waals surface area contributed by atoms with Crippen LogP contribution >= 0.6 is 23.1 Å². The molecule has 4 nitrogen and oxygen atoms in total. The minimum atomic E-state index is -4.56. The summed E-state index contributed by atoms with van der Waals surface area (Å²) < 4.78 is 42.8. The second-order valence-corrected chi connectivity index (χ2v) is 6.14. The van der Waals surface area contributed by atoms with Gasteiger partial charge in [-0.25, -0.2) is 4.98 Å². The average molecular weight is 372 g/mol. The number of halogens is 4. The first-order valence-corrected chi connectivity index (χ1v) is 7.82. The van der Waals surface area contributed by atoms with Crippen LogP contribution in [-0.2, 0) is 6.18 Å². The molecule has 0 spiro atoms. The van der Waals surface area contributed by atoms with Gasteiger partial charge in [-0.2, -0.15) is 17.5 Å². The summed E-state index contributed by atoms with van der Waals surface area (Å²) in [4.78, 5) is 15.8. The molecule has 0 radical (unpaired) electrons. The molecule has 0 saturated heterocycles. The number of carbonyl (C=O) groups is 1. The highest BCUT2D eigenvalue weighted by Gasteiger charge is 2.33. The Kier molecular flexibility index (Phi) is 4.18. The molecular formula is C15H9ClF3N3OS. The maximum absolute atomic E-state index is 12.6.